The summed E-state index contributed by atoms with van der Waals surface area (Å²) in [5.74, 6) is 0.526. The van der Waals surface area contributed by atoms with Gasteiger partial charge in [0.15, 0.2) is 0 Å². The Kier molecular flexibility index (Phi) is 4.66. The normalized spacial score (nSPS) is 14.2. The zero-order valence-corrected chi connectivity index (χ0v) is 12.7. The van der Waals surface area contributed by atoms with Gasteiger partial charge in [-0.2, -0.15) is 0 Å². The molecule has 2 rings (SSSR count). The van der Waals surface area contributed by atoms with Crippen molar-refractivity contribution < 1.29 is 5.11 Å². The van der Waals surface area contributed by atoms with Crippen LogP contribution in [0.4, 0.5) is 0 Å². The van der Waals surface area contributed by atoms with E-state index in [1.54, 1.807) is 0 Å². The van der Waals surface area contributed by atoms with Crippen LogP contribution in [0, 0.1) is 5.92 Å². The molecule has 2 nitrogen and oxygen atoms in total. The van der Waals surface area contributed by atoms with Crippen molar-refractivity contribution in [2.75, 3.05) is 0 Å². The van der Waals surface area contributed by atoms with Gasteiger partial charge in [0.25, 0.3) is 0 Å². The molecule has 0 aliphatic rings. The van der Waals surface area contributed by atoms with Crippen LogP contribution in [0.2, 0.25) is 0 Å². The van der Waals surface area contributed by atoms with Crippen LogP contribution >= 0.6 is 0 Å². The fraction of sp³-hybridized carbons (Fsp3) is 0.444. The first kappa shape index (κ1) is 14.9. The van der Waals surface area contributed by atoms with E-state index in [-0.39, 0.29) is 0 Å². The van der Waals surface area contributed by atoms with E-state index in [2.05, 4.69) is 60.3 Å². The molecule has 0 spiro atoms. The van der Waals surface area contributed by atoms with E-state index in [4.69, 9.17) is 0 Å². The predicted octanol–water partition coefficient (Wildman–Crippen LogP) is 4.69. The van der Waals surface area contributed by atoms with E-state index in [1.807, 2.05) is 13.8 Å². The molecule has 20 heavy (non-hydrogen) atoms. The molecule has 0 amide bonds. The van der Waals surface area contributed by atoms with Crippen molar-refractivity contribution in [1.29, 1.82) is 0 Å². The highest BCUT2D eigenvalue weighted by Gasteiger charge is 2.11. The van der Waals surface area contributed by atoms with Gasteiger partial charge < -0.3 is 9.67 Å². The van der Waals surface area contributed by atoms with Gasteiger partial charge in [-0.3, -0.25) is 0 Å². The molecule has 0 saturated heterocycles. The van der Waals surface area contributed by atoms with E-state index in [1.165, 1.54) is 10.9 Å². The molecule has 108 valence electrons. The smallest absolute Gasteiger partial charge is 0.0591 e. The Labute approximate surface area is 121 Å². The third-order valence-electron chi connectivity index (χ3n) is 3.65. The number of nitrogens with zero attached hydrogens (tertiary/aromatic N) is 1. The number of fused-ring (bicyclic) bond motifs is 1. The largest absolute Gasteiger partial charge is 0.390 e. The molecule has 1 N–H and O–H groups in total. The molecular weight excluding hydrogens is 246 g/mol. The first-order chi connectivity index (χ1) is 9.46. The van der Waals surface area contributed by atoms with Crippen LogP contribution in [-0.2, 0) is 0 Å². The lowest BCUT2D eigenvalue weighted by Crippen LogP contribution is -2.18. The molecule has 1 aromatic carbocycles. The Morgan fingerprint density at radius 1 is 1.25 bits per heavy atom. The summed E-state index contributed by atoms with van der Waals surface area (Å²) in [5.41, 5.74) is 0.701. The molecule has 0 bridgehead atoms. The summed E-state index contributed by atoms with van der Waals surface area (Å²) in [6, 6.07) is 10.5. The maximum Gasteiger partial charge on any atom is 0.0591 e. The number of allylic oxidation sites excluding steroid dienone is 1. The van der Waals surface area contributed by atoms with E-state index in [9.17, 15) is 5.11 Å². The second kappa shape index (κ2) is 6.27. The van der Waals surface area contributed by atoms with Gasteiger partial charge in [-0.25, -0.2) is 0 Å². The number of aliphatic hydroxyl groups is 1. The molecule has 1 heterocycles. The molecule has 0 saturated carbocycles. The summed E-state index contributed by atoms with van der Waals surface area (Å²) in [4.78, 5) is 0. The number of rotatable bonds is 6. The highest BCUT2D eigenvalue weighted by atomic mass is 16.3. The summed E-state index contributed by atoms with van der Waals surface area (Å²) in [6.07, 6.45) is 9.53. The number of benzene rings is 1. The maximum atomic E-state index is 9.71. The summed E-state index contributed by atoms with van der Waals surface area (Å²) >= 11 is 0. The second-order valence-electron chi connectivity index (χ2n) is 6.31. The predicted molar refractivity (Wildman–Crippen MR) is 86.6 cm³/mol. The third kappa shape index (κ3) is 4.24. The highest BCUT2D eigenvalue weighted by Crippen LogP contribution is 2.18. The van der Waals surface area contributed by atoms with Crippen molar-refractivity contribution in [3.63, 3.8) is 0 Å². The Bertz CT molecular complexity index is 574. The van der Waals surface area contributed by atoms with Gasteiger partial charge in [0, 0.05) is 12.4 Å². The van der Waals surface area contributed by atoms with Crippen molar-refractivity contribution >= 4 is 17.1 Å². The molecule has 0 radical (unpaired) electrons. The Hall–Kier alpha value is -1.54. The lowest BCUT2D eigenvalue weighted by atomic mass is 9.97. The van der Waals surface area contributed by atoms with Gasteiger partial charge in [-0.15, -0.1) is 0 Å². The van der Waals surface area contributed by atoms with Crippen LogP contribution in [0.3, 0.4) is 0 Å². The first-order valence-corrected chi connectivity index (χ1v) is 7.42. The molecular formula is C18H25NO. The fourth-order valence-corrected chi connectivity index (χ4v) is 2.43. The Morgan fingerprint density at radius 2 is 2.00 bits per heavy atom. The van der Waals surface area contributed by atoms with Crippen molar-refractivity contribution in [3.8, 4) is 0 Å². The Balaban J connectivity index is 1.92. The minimum atomic E-state index is -0.542. The number of aromatic nitrogens is 1. The van der Waals surface area contributed by atoms with Crippen molar-refractivity contribution in [1.82, 2.24) is 4.57 Å². The molecule has 1 atom stereocenters. The minimum absolute atomic E-state index is 0.526. The monoisotopic (exact) mass is 271 g/mol. The number of para-hydroxylation sites is 1. The van der Waals surface area contributed by atoms with E-state index < -0.39 is 5.60 Å². The number of hydrogen-bond donors (Lipinski definition) is 1. The van der Waals surface area contributed by atoms with Crippen LogP contribution in [0.25, 0.3) is 17.1 Å². The number of hydrogen-bond acceptors (Lipinski definition) is 1. The van der Waals surface area contributed by atoms with Crippen molar-refractivity contribution in [3.05, 3.63) is 42.6 Å². The SMILES string of the molecule is CC(C=Cn1ccc2ccccc21)CCCC(C)(C)O. The standard InChI is InChI=1S/C18H25NO/c1-15(7-6-12-18(2,3)20)10-13-19-14-11-16-8-4-5-9-17(16)19/h4-5,8-11,13-15,20H,6-7,12H2,1-3H3. The molecule has 1 aromatic heterocycles. The summed E-state index contributed by atoms with van der Waals surface area (Å²) < 4.78 is 2.17. The van der Waals surface area contributed by atoms with Crippen molar-refractivity contribution in [2.24, 2.45) is 5.92 Å². The summed E-state index contributed by atoms with van der Waals surface area (Å²) in [7, 11) is 0. The zero-order chi connectivity index (χ0) is 14.6. The van der Waals surface area contributed by atoms with Crippen LogP contribution in [0.1, 0.15) is 40.0 Å². The molecule has 0 aliphatic heterocycles. The van der Waals surface area contributed by atoms with Gasteiger partial charge in [-0.05, 0) is 50.1 Å². The van der Waals surface area contributed by atoms with E-state index in [0.717, 1.165) is 19.3 Å². The average molecular weight is 271 g/mol. The van der Waals surface area contributed by atoms with Crippen LogP contribution in [0.5, 0.6) is 0 Å². The van der Waals surface area contributed by atoms with Gasteiger partial charge in [0.1, 0.15) is 0 Å². The molecule has 0 aliphatic carbocycles. The molecule has 0 fully saturated rings. The molecule has 2 aromatic rings. The van der Waals surface area contributed by atoms with Crippen molar-refractivity contribution in [2.45, 2.75) is 45.6 Å². The van der Waals surface area contributed by atoms with Gasteiger partial charge in [0.2, 0.25) is 0 Å². The quantitative estimate of drug-likeness (QED) is 0.810. The summed E-state index contributed by atoms with van der Waals surface area (Å²) in [5, 5.41) is 11.0. The fourth-order valence-electron chi connectivity index (χ4n) is 2.43. The minimum Gasteiger partial charge on any atom is -0.390 e. The lowest BCUT2D eigenvalue weighted by Gasteiger charge is -2.17. The zero-order valence-electron chi connectivity index (χ0n) is 12.7. The van der Waals surface area contributed by atoms with Gasteiger partial charge >= 0.3 is 0 Å². The first-order valence-electron chi connectivity index (χ1n) is 7.42. The van der Waals surface area contributed by atoms with Gasteiger partial charge in [0.05, 0.1) is 11.1 Å². The molecule has 2 heteroatoms. The second-order valence-corrected chi connectivity index (χ2v) is 6.31. The Morgan fingerprint density at radius 3 is 2.75 bits per heavy atom. The lowest BCUT2D eigenvalue weighted by molar-refractivity contribution is 0.0675. The topological polar surface area (TPSA) is 25.2 Å². The van der Waals surface area contributed by atoms with Crippen LogP contribution in [-0.4, -0.2) is 15.3 Å². The highest BCUT2D eigenvalue weighted by molar-refractivity contribution is 5.81. The van der Waals surface area contributed by atoms with E-state index >= 15 is 0 Å². The molecule has 1 unspecified atom stereocenters. The van der Waals surface area contributed by atoms with Crippen LogP contribution in [0.15, 0.2) is 42.6 Å². The third-order valence-corrected chi connectivity index (χ3v) is 3.65. The van der Waals surface area contributed by atoms with E-state index in [0.29, 0.717) is 5.92 Å². The van der Waals surface area contributed by atoms with Gasteiger partial charge in [-0.1, -0.05) is 37.6 Å². The maximum absolute atomic E-state index is 9.71. The summed E-state index contributed by atoms with van der Waals surface area (Å²) in [6.45, 7) is 5.98. The average Bonchev–Trinajstić information content (AvgIpc) is 2.78. The van der Waals surface area contributed by atoms with Crippen LogP contribution < -0.4 is 0 Å².